The van der Waals surface area contributed by atoms with Gasteiger partial charge in [0.15, 0.2) is 0 Å². The van der Waals surface area contributed by atoms with Gasteiger partial charge in [-0.05, 0) is 28.1 Å². The molecule has 0 saturated heterocycles. The summed E-state index contributed by atoms with van der Waals surface area (Å²) in [6.45, 7) is 0. The molecule has 1 N–H and O–H groups in total. The van der Waals surface area contributed by atoms with Gasteiger partial charge in [0.25, 0.3) is 0 Å². The van der Waals surface area contributed by atoms with Crippen LogP contribution in [0.4, 0.5) is 0 Å². The number of carbonyl (C=O) groups excluding carboxylic acids is 1. The fourth-order valence-electron chi connectivity index (χ4n) is 0.716. The second-order valence-electron chi connectivity index (χ2n) is 2.11. The molecule has 2 nitrogen and oxygen atoms in total. The van der Waals surface area contributed by atoms with E-state index in [0.29, 0.717) is 12.7 Å². The average molecular weight is 235 g/mol. The first kappa shape index (κ1) is 8.90. The molecule has 0 amide bonds. The molecule has 1 heterocycles. The maximum atomic E-state index is 10.1. The first-order valence-electron chi connectivity index (χ1n) is 3.10. The lowest BCUT2D eigenvalue weighted by Gasteiger charge is -1.97. The van der Waals surface area contributed by atoms with Crippen molar-refractivity contribution in [3.05, 3.63) is 20.8 Å². The molecule has 1 rings (SSSR count). The molecule has 60 valence electrons. The Hall–Kier alpha value is -0.190. The zero-order chi connectivity index (χ0) is 8.27. The predicted octanol–water partition coefficient (Wildman–Crippen LogP) is 1.61. The fraction of sp³-hybridized carbons (Fsp3) is 0.286. The number of hydrogen-bond acceptors (Lipinski definition) is 3. The summed E-state index contributed by atoms with van der Waals surface area (Å²) in [5.41, 5.74) is 0. The Morgan fingerprint density at radius 3 is 2.91 bits per heavy atom. The van der Waals surface area contributed by atoms with Gasteiger partial charge in [0.05, 0.1) is 3.79 Å². The van der Waals surface area contributed by atoms with Gasteiger partial charge in [-0.3, -0.25) is 0 Å². The first-order valence-corrected chi connectivity index (χ1v) is 4.71. The van der Waals surface area contributed by atoms with Crippen LogP contribution < -0.4 is 0 Å². The molecule has 0 aliphatic rings. The van der Waals surface area contributed by atoms with Crippen LogP contribution in [0, 0.1) is 0 Å². The number of halogens is 1. The van der Waals surface area contributed by atoms with Gasteiger partial charge in [0.2, 0.25) is 0 Å². The molecule has 0 saturated carbocycles. The van der Waals surface area contributed by atoms with Crippen LogP contribution in [0.2, 0.25) is 0 Å². The Morgan fingerprint density at radius 2 is 2.45 bits per heavy atom. The number of hydrogen-bond donors (Lipinski definition) is 1. The van der Waals surface area contributed by atoms with Gasteiger partial charge < -0.3 is 9.90 Å². The van der Waals surface area contributed by atoms with Crippen molar-refractivity contribution in [2.45, 2.75) is 12.5 Å². The molecular formula is C7H7BrO2S. The van der Waals surface area contributed by atoms with Gasteiger partial charge in [-0.1, -0.05) is 0 Å². The van der Waals surface area contributed by atoms with Gasteiger partial charge in [-0.2, -0.15) is 0 Å². The molecule has 1 aromatic rings. The van der Waals surface area contributed by atoms with Gasteiger partial charge in [0, 0.05) is 11.3 Å². The van der Waals surface area contributed by atoms with E-state index < -0.39 is 6.10 Å². The van der Waals surface area contributed by atoms with Gasteiger partial charge in [0.1, 0.15) is 12.4 Å². The fourth-order valence-corrected chi connectivity index (χ4v) is 2.25. The van der Waals surface area contributed by atoms with E-state index in [1.54, 1.807) is 0 Å². The average Bonchev–Trinajstić information content (AvgIpc) is 2.35. The van der Waals surface area contributed by atoms with E-state index in [9.17, 15) is 4.79 Å². The minimum Gasteiger partial charge on any atom is -0.385 e. The van der Waals surface area contributed by atoms with Crippen molar-refractivity contribution in [2.75, 3.05) is 0 Å². The lowest BCUT2D eigenvalue weighted by molar-refractivity contribution is -0.114. The quantitative estimate of drug-likeness (QED) is 0.808. The largest absolute Gasteiger partial charge is 0.385 e. The molecule has 0 aromatic carbocycles. The molecule has 4 heteroatoms. The first-order chi connectivity index (χ1) is 5.22. The highest BCUT2D eigenvalue weighted by Gasteiger charge is 2.04. The highest BCUT2D eigenvalue weighted by molar-refractivity contribution is 9.11. The summed E-state index contributed by atoms with van der Waals surface area (Å²) in [6.07, 6.45) is 0.105. The van der Waals surface area contributed by atoms with E-state index in [0.717, 1.165) is 8.66 Å². The summed E-state index contributed by atoms with van der Waals surface area (Å²) in [5.74, 6) is 0. The number of thiophene rings is 1. The van der Waals surface area contributed by atoms with Crippen LogP contribution in [0.1, 0.15) is 4.88 Å². The lowest BCUT2D eigenvalue weighted by Crippen LogP contribution is -2.10. The minimum absolute atomic E-state index is 0.416. The van der Waals surface area contributed by atoms with Crippen LogP contribution in [0.25, 0.3) is 0 Å². The standard InChI is InChI=1S/C7H7BrO2S/c8-7-2-1-6(11-7)3-5(10)4-9/h1-2,4-5,10H,3H2. The molecule has 11 heavy (non-hydrogen) atoms. The normalized spacial score (nSPS) is 12.9. The van der Waals surface area contributed by atoms with Crippen LogP contribution >= 0.6 is 27.3 Å². The predicted molar refractivity (Wildman–Crippen MR) is 47.8 cm³/mol. The van der Waals surface area contributed by atoms with Crippen molar-refractivity contribution >= 4 is 33.6 Å². The van der Waals surface area contributed by atoms with Crippen LogP contribution in [0.15, 0.2) is 15.9 Å². The SMILES string of the molecule is O=CC(O)Cc1ccc(Br)s1. The molecular weight excluding hydrogens is 228 g/mol. The highest BCUT2D eigenvalue weighted by atomic mass is 79.9. The Labute approximate surface area is 77.0 Å². The van der Waals surface area contributed by atoms with Crippen molar-refractivity contribution < 1.29 is 9.90 Å². The molecule has 0 fully saturated rings. The van der Waals surface area contributed by atoms with Crippen molar-refractivity contribution in [3.8, 4) is 0 Å². The molecule has 0 bridgehead atoms. The summed E-state index contributed by atoms with van der Waals surface area (Å²) in [6, 6.07) is 3.79. The van der Waals surface area contributed by atoms with E-state index in [2.05, 4.69) is 15.9 Å². The lowest BCUT2D eigenvalue weighted by atomic mass is 10.2. The van der Waals surface area contributed by atoms with E-state index in [1.165, 1.54) is 11.3 Å². The third kappa shape index (κ3) is 2.73. The zero-order valence-electron chi connectivity index (χ0n) is 5.66. The maximum absolute atomic E-state index is 10.1. The van der Waals surface area contributed by atoms with E-state index >= 15 is 0 Å². The van der Waals surface area contributed by atoms with Crippen molar-refractivity contribution in [3.63, 3.8) is 0 Å². The van der Waals surface area contributed by atoms with Gasteiger partial charge in [-0.15, -0.1) is 11.3 Å². The topological polar surface area (TPSA) is 37.3 Å². The number of aliphatic hydroxyl groups is 1. The summed E-state index contributed by atoms with van der Waals surface area (Å²) >= 11 is 4.82. The van der Waals surface area contributed by atoms with Crippen molar-refractivity contribution in [2.24, 2.45) is 0 Å². The smallest absolute Gasteiger partial charge is 0.148 e. The number of carbonyl (C=O) groups is 1. The summed E-state index contributed by atoms with van der Waals surface area (Å²) in [7, 11) is 0. The Balaban J connectivity index is 2.57. The van der Waals surface area contributed by atoms with Crippen LogP contribution in [0.5, 0.6) is 0 Å². The van der Waals surface area contributed by atoms with Crippen LogP contribution in [0.3, 0.4) is 0 Å². The maximum Gasteiger partial charge on any atom is 0.148 e. The number of rotatable bonds is 3. The molecule has 1 atom stereocenters. The third-order valence-corrected chi connectivity index (χ3v) is 2.84. The molecule has 0 radical (unpaired) electrons. The Kier molecular flexibility index (Phi) is 3.23. The minimum atomic E-state index is -0.861. The number of aliphatic hydroxyl groups excluding tert-OH is 1. The zero-order valence-corrected chi connectivity index (χ0v) is 8.06. The molecule has 0 spiro atoms. The summed E-state index contributed by atoms with van der Waals surface area (Å²) < 4.78 is 1.02. The monoisotopic (exact) mass is 234 g/mol. The second-order valence-corrected chi connectivity index (χ2v) is 4.66. The van der Waals surface area contributed by atoms with Gasteiger partial charge >= 0.3 is 0 Å². The molecule has 0 aliphatic heterocycles. The van der Waals surface area contributed by atoms with E-state index in [-0.39, 0.29) is 0 Å². The van der Waals surface area contributed by atoms with Gasteiger partial charge in [-0.25, -0.2) is 0 Å². The molecule has 0 aliphatic carbocycles. The summed E-state index contributed by atoms with van der Waals surface area (Å²) in [5, 5.41) is 8.94. The number of aldehydes is 1. The van der Waals surface area contributed by atoms with E-state index in [4.69, 9.17) is 5.11 Å². The molecule has 1 unspecified atom stereocenters. The summed E-state index contributed by atoms with van der Waals surface area (Å²) in [4.78, 5) is 11.1. The Bertz CT molecular complexity index is 246. The molecule has 1 aromatic heterocycles. The Morgan fingerprint density at radius 1 is 1.73 bits per heavy atom. The van der Waals surface area contributed by atoms with Crippen molar-refractivity contribution in [1.29, 1.82) is 0 Å². The van der Waals surface area contributed by atoms with Crippen LogP contribution in [-0.4, -0.2) is 17.5 Å². The van der Waals surface area contributed by atoms with Crippen LogP contribution in [-0.2, 0) is 11.2 Å². The highest BCUT2D eigenvalue weighted by Crippen LogP contribution is 2.22. The van der Waals surface area contributed by atoms with Crippen molar-refractivity contribution in [1.82, 2.24) is 0 Å². The van der Waals surface area contributed by atoms with E-state index in [1.807, 2.05) is 12.1 Å². The third-order valence-electron chi connectivity index (χ3n) is 1.20. The second kappa shape index (κ2) is 3.99.